The predicted molar refractivity (Wildman–Crippen MR) is 69.4 cm³/mol. The molecular formula is C13H16ClFN2O. The molecule has 0 aromatic heterocycles. The maximum Gasteiger partial charge on any atom is 0.151 e. The quantitative estimate of drug-likeness (QED) is 0.900. The van der Waals surface area contributed by atoms with Crippen LogP contribution in [0.4, 0.5) is 4.39 Å². The van der Waals surface area contributed by atoms with Gasteiger partial charge in [0, 0.05) is 37.6 Å². The van der Waals surface area contributed by atoms with Gasteiger partial charge in [-0.3, -0.25) is 9.69 Å². The van der Waals surface area contributed by atoms with E-state index in [2.05, 4.69) is 10.2 Å². The lowest BCUT2D eigenvalue weighted by Crippen LogP contribution is -2.45. The number of nitrogens with zero attached hydrogens (tertiary/aromatic N) is 1. The highest BCUT2D eigenvalue weighted by atomic mass is 35.5. The van der Waals surface area contributed by atoms with Crippen LogP contribution in [-0.2, 0) is 11.2 Å². The SMILES string of the molecule is O=C(Cc1ccc(F)cc1Cl)CN1CCNCC1. The van der Waals surface area contributed by atoms with Crippen LogP contribution in [-0.4, -0.2) is 43.4 Å². The lowest BCUT2D eigenvalue weighted by atomic mass is 10.1. The molecule has 1 aliphatic heterocycles. The first kappa shape index (κ1) is 13.5. The molecule has 1 aliphatic rings. The van der Waals surface area contributed by atoms with E-state index < -0.39 is 0 Å². The van der Waals surface area contributed by atoms with E-state index in [4.69, 9.17) is 11.6 Å². The van der Waals surface area contributed by atoms with Crippen LogP contribution in [0.2, 0.25) is 5.02 Å². The third kappa shape index (κ3) is 3.77. The van der Waals surface area contributed by atoms with Crippen LogP contribution in [0.3, 0.4) is 0 Å². The molecule has 98 valence electrons. The molecule has 1 N–H and O–H groups in total. The standard InChI is InChI=1S/C13H16ClFN2O/c14-13-8-11(15)2-1-10(13)7-12(18)9-17-5-3-16-4-6-17/h1-2,8,16H,3-7,9H2. The summed E-state index contributed by atoms with van der Waals surface area (Å²) in [7, 11) is 0. The second-order valence-electron chi connectivity index (χ2n) is 4.48. The monoisotopic (exact) mass is 270 g/mol. The van der Waals surface area contributed by atoms with Crippen LogP contribution in [0.15, 0.2) is 18.2 Å². The van der Waals surface area contributed by atoms with Crippen molar-refractivity contribution < 1.29 is 9.18 Å². The zero-order chi connectivity index (χ0) is 13.0. The van der Waals surface area contributed by atoms with E-state index in [0.29, 0.717) is 17.1 Å². The number of halogens is 2. The van der Waals surface area contributed by atoms with Gasteiger partial charge < -0.3 is 5.32 Å². The van der Waals surface area contributed by atoms with Gasteiger partial charge >= 0.3 is 0 Å². The van der Waals surface area contributed by atoms with Crippen LogP contribution in [0.25, 0.3) is 0 Å². The van der Waals surface area contributed by atoms with Gasteiger partial charge in [0.2, 0.25) is 0 Å². The Balaban J connectivity index is 1.90. The Kier molecular flexibility index (Phi) is 4.69. The number of benzene rings is 1. The summed E-state index contributed by atoms with van der Waals surface area (Å²) in [5, 5.41) is 3.56. The highest BCUT2D eigenvalue weighted by Gasteiger charge is 2.14. The van der Waals surface area contributed by atoms with Gasteiger partial charge in [0.1, 0.15) is 5.82 Å². The highest BCUT2D eigenvalue weighted by Crippen LogP contribution is 2.18. The normalized spacial score (nSPS) is 16.8. The molecule has 0 atom stereocenters. The Morgan fingerprint density at radius 1 is 1.39 bits per heavy atom. The molecule has 0 radical (unpaired) electrons. The Morgan fingerprint density at radius 2 is 2.11 bits per heavy atom. The summed E-state index contributed by atoms with van der Waals surface area (Å²) < 4.78 is 12.9. The molecule has 0 bridgehead atoms. The summed E-state index contributed by atoms with van der Waals surface area (Å²) in [5.74, 6) is -0.260. The van der Waals surface area contributed by atoms with E-state index in [1.165, 1.54) is 12.1 Å². The minimum Gasteiger partial charge on any atom is -0.314 e. The molecule has 3 nitrogen and oxygen atoms in total. The lowest BCUT2D eigenvalue weighted by molar-refractivity contribution is -0.119. The van der Waals surface area contributed by atoms with Crippen molar-refractivity contribution in [3.05, 3.63) is 34.6 Å². The van der Waals surface area contributed by atoms with Crippen molar-refractivity contribution in [1.29, 1.82) is 0 Å². The molecule has 0 saturated carbocycles. The minimum atomic E-state index is -0.377. The number of rotatable bonds is 4. The molecule has 0 spiro atoms. The van der Waals surface area contributed by atoms with Crippen LogP contribution >= 0.6 is 11.6 Å². The van der Waals surface area contributed by atoms with Crippen molar-refractivity contribution in [3.8, 4) is 0 Å². The second kappa shape index (κ2) is 6.27. The summed E-state index contributed by atoms with van der Waals surface area (Å²) in [6.07, 6.45) is 0.267. The fourth-order valence-electron chi connectivity index (χ4n) is 2.05. The summed E-state index contributed by atoms with van der Waals surface area (Å²) in [6.45, 7) is 4.07. The zero-order valence-corrected chi connectivity index (χ0v) is 10.8. The van der Waals surface area contributed by atoms with Crippen molar-refractivity contribution in [2.24, 2.45) is 0 Å². The van der Waals surface area contributed by atoms with Gasteiger partial charge in [-0.2, -0.15) is 0 Å². The van der Waals surface area contributed by atoms with Crippen molar-refractivity contribution >= 4 is 17.4 Å². The van der Waals surface area contributed by atoms with Crippen molar-refractivity contribution in [3.63, 3.8) is 0 Å². The number of piperazine rings is 1. The number of hydrogen-bond donors (Lipinski definition) is 1. The van der Waals surface area contributed by atoms with E-state index >= 15 is 0 Å². The van der Waals surface area contributed by atoms with Gasteiger partial charge in [-0.1, -0.05) is 17.7 Å². The lowest BCUT2D eigenvalue weighted by Gasteiger charge is -2.26. The number of hydrogen-bond acceptors (Lipinski definition) is 3. The molecule has 1 saturated heterocycles. The van der Waals surface area contributed by atoms with Gasteiger partial charge in [0.15, 0.2) is 5.78 Å². The molecule has 0 aliphatic carbocycles. The van der Waals surface area contributed by atoms with Crippen molar-refractivity contribution in [2.45, 2.75) is 6.42 Å². The molecular weight excluding hydrogens is 255 g/mol. The van der Waals surface area contributed by atoms with Gasteiger partial charge in [-0.25, -0.2) is 4.39 Å². The number of carbonyl (C=O) groups is 1. The molecule has 5 heteroatoms. The molecule has 1 heterocycles. The van der Waals surface area contributed by atoms with Crippen LogP contribution in [0.5, 0.6) is 0 Å². The molecule has 18 heavy (non-hydrogen) atoms. The van der Waals surface area contributed by atoms with Gasteiger partial charge in [0.05, 0.1) is 6.54 Å². The van der Waals surface area contributed by atoms with E-state index in [1.807, 2.05) is 0 Å². The average molecular weight is 271 g/mol. The van der Waals surface area contributed by atoms with E-state index in [9.17, 15) is 9.18 Å². The molecule has 0 amide bonds. The first-order valence-corrected chi connectivity index (χ1v) is 6.41. The first-order chi connectivity index (χ1) is 8.65. The van der Waals surface area contributed by atoms with Crippen molar-refractivity contribution in [2.75, 3.05) is 32.7 Å². The van der Waals surface area contributed by atoms with E-state index in [-0.39, 0.29) is 18.0 Å². The first-order valence-electron chi connectivity index (χ1n) is 6.04. The Bertz CT molecular complexity index is 433. The van der Waals surface area contributed by atoms with Crippen LogP contribution in [0, 0.1) is 5.82 Å². The molecule has 1 aromatic carbocycles. The predicted octanol–water partition coefficient (Wildman–Crippen LogP) is 1.50. The largest absolute Gasteiger partial charge is 0.314 e. The number of nitrogens with one attached hydrogen (secondary N) is 1. The fourth-order valence-corrected chi connectivity index (χ4v) is 2.29. The minimum absolute atomic E-state index is 0.116. The Hall–Kier alpha value is -0.970. The van der Waals surface area contributed by atoms with Crippen LogP contribution < -0.4 is 5.32 Å². The number of carbonyl (C=O) groups excluding carboxylic acids is 1. The maximum absolute atomic E-state index is 12.9. The van der Waals surface area contributed by atoms with Gasteiger partial charge in [0.25, 0.3) is 0 Å². The zero-order valence-electron chi connectivity index (χ0n) is 10.1. The van der Waals surface area contributed by atoms with Gasteiger partial charge in [-0.05, 0) is 17.7 Å². The second-order valence-corrected chi connectivity index (χ2v) is 4.88. The maximum atomic E-state index is 12.9. The highest BCUT2D eigenvalue weighted by molar-refractivity contribution is 6.31. The average Bonchev–Trinajstić information content (AvgIpc) is 2.34. The summed E-state index contributed by atoms with van der Waals surface area (Å²) in [4.78, 5) is 14.0. The molecule has 2 rings (SSSR count). The molecule has 0 unspecified atom stereocenters. The third-order valence-electron chi connectivity index (χ3n) is 3.01. The van der Waals surface area contributed by atoms with E-state index in [1.54, 1.807) is 6.07 Å². The van der Waals surface area contributed by atoms with Gasteiger partial charge in [-0.15, -0.1) is 0 Å². The molecule has 1 fully saturated rings. The van der Waals surface area contributed by atoms with Crippen molar-refractivity contribution in [1.82, 2.24) is 10.2 Å². The summed E-state index contributed by atoms with van der Waals surface area (Å²) in [6, 6.07) is 4.15. The smallest absolute Gasteiger partial charge is 0.151 e. The topological polar surface area (TPSA) is 32.3 Å². The number of Topliss-reactive ketones (excluding diaryl/α,β-unsaturated/α-hetero) is 1. The Morgan fingerprint density at radius 3 is 2.78 bits per heavy atom. The summed E-state index contributed by atoms with van der Waals surface area (Å²) >= 11 is 5.90. The molecule has 1 aromatic rings. The fraction of sp³-hybridized carbons (Fsp3) is 0.462. The number of ketones is 1. The van der Waals surface area contributed by atoms with E-state index in [0.717, 1.165) is 26.2 Å². The summed E-state index contributed by atoms with van der Waals surface area (Å²) in [5.41, 5.74) is 0.693. The third-order valence-corrected chi connectivity index (χ3v) is 3.36. The Labute approximate surface area is 111 Å². The van der Waals surface area contributed by atoms with Crippen LogP contribution in [0.1, 0.15) is 5.56 Å².